The number of carbonyl (C=O) groups excluding carboxylic acids is 1. The van der Waals surface area contributed by atoms with Crippen molar-refractivity contribution in [1.29, 1.82) is 0 Å². The Bertz CT molecular complexity index is 970. The number of halogens is 1. The van der Waals surface area contributed by atoms with Crippen LogP contribution in [0, 0.1) is 6.92 Å². The van der Waals surface area contributed by atoms with E-state index in [4.69, 9.17) is 21.1 Å². The van der Waals surface area contributed by atoms with E-state index in [-0.39, 0.29) is 18.4 Å². The summed E-state index contributed by atoms with van der Waals surface area (Å²) in [6, 6.07) is 12.3. The Kier molecular flexibility index (Phi) is 3.77. The van der Waals surface area contributed by atoms with Gasteiger partial charge in [-0.15, -0.1) is 5.10 Å². The van der Waals surface area contributed by atoms with Crippen molar-refractivity contribution >= 4 is 23.2 Å². The molecule has 1 aromatic heterocycles. The number of benzene rings is 2. The maximum absolute atomic E-state index is 12.5. The summed E-state index contributed by atoms with van der Waals surface area (Å²) in [5.41, 5.74) is 2.01. The number of carbonyl (C=O) groups is 1. The molecule has 0 fully saturated rings. The van der Waals surface area contributed by atoms with Crippen LogP contribution in [-0.4, -0.2) is 27.7 Å². The molecule has 8 heteroatoms. The number of aromatic nitrogens is 3. The van der Waals surface area contributed by atoms with Gasteiger partial charge in [0.25, 0.3) is 5.91 Å². The van der Waals surface area contributed by atoms with Crippen molar-refractivity contribution in [3.63, 3.8) is 0 Å². The van der Waals surface area contributed by atoms with Gasteiger partial charge < -0.3 is 14.8 Å². The number of hydrogen-bond acceptors (Lipinski definition) is 5. The van der Waals surface area contributed by atoms with Crippen LogP contribution in [0.3, 0.4) is 0 Å². The quantitative estimate of drug-likeness (QED) is 0.779. The molecule has 0 unspecified atom stereocenters. The molecule has 0 aliphatic carbocycles. The molecule has 7 nitrogen and oxygen atoms in total. The van der Waals surface area contributed by atoms with Gasteiger partial charge in [-0.3, -0.25) is 4.79 Å². The first-order chi connectivity index (χ1) is 12.1. The number of aryl methyl sites for hydroxylation is 1. The molecule has 0 radical (unpaired) electrons. The maximum atomic E-state index is 12.5. The zero-order valence-electron chi connectivity index (χ0n) is 13.2. The molecule has 1 amide bonds. The molecule has 2 aromatic carbocycles. The Hall–Kier alpha value is -3.06. The Balaban J connectivity index is 1.58. The predicted molar refractivity (Wildman–Crippen MR) is 91.6 cm³/mol. The van der Waals surface area contributed by atoms with Crippen LogP contribution in [0.1, 0.15) is 16.2 Å². The monoisotopic (exact) mass is 356 g/mol. The zero-order chi connectivity index (χ0) is 17.4. The third-order valence-corrected chi connectivity index (χ3v) is 3.90. The van der Waals surface area contributed by atoms with E-state index < -0.39 is 0 Å². The lowest BCUT2D eigenvalue weighted by Gasteiger charge is -2.04. The van der Waals surface area contributed by atoms with Gasteiger partial charge in [0.15, 0.2) is 17.2 Å². The number of nitrogens with one attached hydrogen (secondary N) is 1. The van der Waals surface area contributed by atoms with Crippen LogP contribution < -0.4 is 14.8 Å². The number of ether oxygens (including phenoxy) is 2. The van der Waals surface area contributed by atoms with Crippen LogP contribution in [0.5, 0.6) is 11.5 Å². The van der Waals surface area contributed by atoms with Crippen LogP contribution in [-0.2, 0) is 0 Å². The minimum Gasteiger partial charge on any atom is -0.454 e. The van der Waals surface area contributed by atoms with Crippen LogP contribution >= 0.6 is 11.6 Å². The van der Waals surface area contributed by atoms with Crippen LogP contribution in [0.2, 0.25) is 5.02 Å². The first-order valence-corrected chi connectivity index (χ1v) is 7.89. The molecule has 1 aliphatic rings. The second kappa shape index (κ2) is 6.10. The fourth-order valence-electron chi connectivity index (χ4n) is 2.47. The summed E-state index contributed by atoms with van der Waals surface area (Å²) >= 11 is 5.99. The Morgan fingerprint density at radius 3 is 2.84 bits per heavy atom. The fourth-order valence-corrected chi connectivity index (χ4v) is 2.65. The number of amides is 1. The Morgan fingerprint density at radius 2 is 2.00 bits per heavy atom. The lowest BCUT2D eigenvalue weighted by Crippen LogP contribution is -2.14. The lowest BCUT2D eigenvalue weighted by molar-refractivity contribution is 0.102. The fraction of sp³-hybridized carbons (Fsp3) is 0.118. The number of fused-ring (bicyclic) bond motifs is 1. The van der Waals surface area contributed by atoms with E-state index in [1.807, 2.05) is 6.07 Å². The highest BCUT2D eigenvalue weighted by molar-refractivity contribution is 6.30. The molecule has 2 heterocycles. The summed E-state index contributed by atoms with van der Waals surface area (Å²) in [4.78, 5) is 13.9. The van der Waals surface area contributed by atoms with E-state index in [1.165, 1.54) is 4.80 Å². The third-order valence-electron chi connectivity index (χ3n) is 3.67. The summed E-state index contributed by atoms with van der Waals surface area (Å²) in [6.45, 7) is 1.91. The Labute approximate surface area is 148 Å². The first-order valence-electron chi connectivity index (χ1n) is 7.51. The van der Waals surface area contributed by atoms with E-state index in [1.54, 1.807) is 43.3 Å². The largest absolute Gasteiger partial charge is 0.454 e. The summed E-state index contributed by atoms with van der Waals surface area (Å²) in [6.07, 6.45) is 0. The highest BCUT2D eigenvalue weighted by Crippen LogP contribution is 2.34. The normalized spacial score (nSPS) is 12.2. The van der Waals surface area contributed by atoms with Gasteiger partial charge in [0.05, 0.1) is 11.4 Å². The number of nitrogens with zero attached hydrogens (tertiary/aromatic N) is 3. The summed E-state index contributed by atoms with van der Waals surface area (Å²) in [7, 11) is 0. The minimum absolute atomic E-state index is 0.180. The second-order valence-corrected chi connectivity index (χ2v) is 5.86. The lowest BCUT2D eigenvalue weighted by atomic mass is 10.2. The van der Waals surface area contributed by atoms with Crippen molar-refractivity contribution in [2.24, 2.45) is 0 Å². The van der Waals surface area contributed by atoms with Gasteiger partial charge in [0.1, 0.15) is 0 Å². The van der Waals surface area contributed by atoms with Gasteiger partial charge in [0, 0.05) is 16.8 Å². The minimum atomic E-state index is -0.357. The molecule has 1 N–H and O–H groups in total. The van der Waals surface area contributed by atoms with Crippen molar-refractivity contribution < 1.29 is 14.3 Å². The molecule has 0 bridgehead atoms. The average molecular weight is 357 g/mol. The molecule has 25 heavy (non-hydrogen) atoms. The topological polar surface area (TPSA) is 78.3 Å². The SMILES string of the molecule is Cc1nn(-c2cccc(Cl)c2)nc1C(=O)Nc1ccc2c(c1)OCO2. The molecule has 0 saturated heterocycles. The molecule has 3 aromatic rings. The molecule has 0 spiro atoms. The number of rotatable bonds is 3. The molecule has 0 atom stereocenters. The van der Waals surface area contributed by atoms with E-state index >= 15 is 0 Å². The summed E-state index contributed by atoms with van der Waals surface area (Å²) < 4.78 is 10.6. The number of hydrogen-bond donors (Lipinski definition) is 1. The molecule has 4 rings (SSSR count). The smallest absolute Gasteiger partial charge is 0.278 e. The standard InChI is InChI=1S/C17H13ClN4O3/c1-10-16(21-22(20-10)13-4-2-3-11(18)7-13)17(23)19-12-5-6-14-15(8-12)25-9-24-14/h2-8H,9H2,1H3,(H,19,23). The zero-order valence-corrected chi connectivity index (χ0v) is 13.9. The summed E-state index contributed by atoms with van der Waals surface area (Å²) in [5, 5.41) is 11.9. The predicted octanol–water partition coefficient (Wildman–Crippen LogP) is 3.21. The maximum Gasteiger partial charge on any atom is 0.278 e. The van der Waals surface area contributed by atoms with Crippen molar-refractivity contribution in [2.45, 2.75) is 6.92 Å². The molecule has 1 aliphatic heterocycles. The van der Waals surface area contributed by atoms with Gasteiger partial charge >= 0.3 is 0 Å². The average Bonchev–Trinajstić information content (AvgIpc) is 3.20. The van der Waals surface area contributed by atoms with Gasteiger partial charge in [-0.1, -0.05) is 17.7 Å². The third kappa shape index (κ3) is 3.01. The summed E-state index contributed by atoms with van der Waals surface area (Å²) in [5.74, 6) is 0.892. The van der Waals surface area contributed by atoms with Crippen molar-refractivity contribution in [3.8, 4) is 17.2 Å². The highest BCUT2D eigenvalue weighted by atomic mass is 35.5. The van der Waals surface area contributed by atoms with Crippen molar-refractivity contribution in [1.82, 2.24) is 15.0 Å². The van der Waals surface area contributed by atoms with Gasteiger partial charge in [-0.25, -0.2) is 0 Å². The van der Waals surface area contributed by atoms with Gasteiger partial charge in [-0.2, -0.15) is 9.90 Å². The molecule has 126 valence electrons. The van der Waals surface area contributed by atoms with Crippen LogP contribution in [0.4, 0.5) is 5.69 Å². The first kappa shape index (κ1) is 15.5. The van der Waals surface area contributed by atoms with Gasteiger partial charge in [0.2, 0.25) is 6.79 Å². The number of anilines is 1. The molecular weight excluding hydrogens is 344 g/mol. The van der Waals surface area contributed by atoms with E-state index in [0.29, 0.717) is 33.6 Å². The highest BCUT2D eigenvalue weighted by Gasteiger charge is 2.19. The Morgan fingerprint density at radius 1 is 1.16 bits per heavy atom. The van der Waals surface area contributed by atoms with Crippen molar-refractivity contribution in [2.75, 3.05) is 12.1 Å². The van der Waals surface area contributed by atoms with Gasteiger partial charge in [-0.05, 0) is 37.3 Å². The van der Waals surface area contributed by atoms with E-state index in [9.17, 15) is 4.79 Å². The molecule has 0 saturated carbocycles. The molecular formula is C17H13ClN4O3. The van der Waals surface area contributed by atoms with Crippen molar-refractivity contribution in [3.05, 3.63) is 58.9 Å². The van der Waals surface area contributed by atoms with Crippen LogP contribution in [0.25, 0.3) is 5.69 Å². The van der Waals surface area contributed by atoms with Crippen LogP contribution in [0.15, 0.2) is 42.5 Å². The van der Waals surface area contributed by atoms with E-state index in [0.717, 1.165) is 0 Å². The van der Waals surface area contributed by atoms with E-state index in [2.05, 4.69) is 15.5 Å². The second-order valence-electron chi connectivity index (χ2n) is 5.43.